The summed E-state index contributed by atoms with van der Waals surface area (Å²) in [6.45, 7) is 13.4. The van der Waals surface area contributed by atoms with Gasteiger partial charge in [-0.15, -0.1) is 0 Å². The highest BCUT2D eigenvalue weighted by atomic mass is 16.5. The fraction of sp³-hybridized carbons (Fsp3) is 0.708. The van der Waals surface area contributed by atoms with Crippen LogP contribution in [0.4, 0.5) is 16.2 Å². The second-order valence-corrected chi connectivity index (χ2v) is 8.90. The molecule has 168 valence electrons. The zero-order valence-electron chi connectivity index (χ0n) is 19.2. The first-order chi connectivity index (χ1) is 14.5. The third-order valence-electron chi connectivity index (χ3n) is 6.59. The van der Waals surface area contributed by atoms with Crippen molar-refractivity contribution in [2.45, 2.75) is 71.6 Å². The van der Waals surface area contributed by atoms with Gasteiger partial charge in [0.05, 0.1) is 23.6 Å². The summed E-state index contributed by atoms with van der Waals surface area (Å²) >= 11 is 0. The van der Waals surface area contributed by atoms with Gasteiger partial charge in [0.15, 0.2) is 0 Å². The number of rotatable bonds is 8. The molecular weight excluding hydrogens is 376 g/mol. The van der Waals surface area contributed by atoms with Gasteiger partial charge in [-0.2, -0.15) is 0 Å². The standard InChI is InChI=1S/C24H40N4O2/c1-5-20(6-2)23(27-13-9-10-14-27)15-25-24(29)26-21-11-7-8-12-22(21)28-16-18(3)30-19(4)17-28/h7-8,11-12,18-20,23H,5-6,9-10,13-17H2,1-4H3,(H2,25,26,29). The molecule has 0 saturated carbocycles. The molecule has 2 amide bonds. The number of amides is 2. The van der Waals surface area contributed by atoms with Gasteiger partial charge >= 0.3 is 6.03 Å². The van der Waals surface area contributed by atoms with E-state index >= 15 is 0 Å². The topological polar surface area (TPSA) is 56.8 Å². The molecule has 2 N–H and O–H groups in total. The summed E-state index contributed by atoms with van der Waals surface area (Å²) in [5, 5.41) is 6.28. The maximum absolute atomic E-state index is 12.8. The second-order valence-electron chi connectivity index (χ2n) is 8.90. The predicted molar refractivity (Wildman–Crippen MR) is 124 cm³/mol. The Morgan fingerprint density at radius 2 is 1.73 bits per heavy atom. The van der Waals surface area contributed by atoms with Crippen LogP contribution in [-0.4, -0.2) is 61.9 Å². The Hall–Kier alpha value is -1.79. The average Bonchev–Trinajstić information content (AvgIpc) is 3.25. The van der Waals surface area contributed by atoms with Gasteiger partial charge in [0.2, 0.25) is 0 Å². The maximum Gasteiger partial charge on any atom is 0.319 e. The minimum Gasteiger partial charge on any atom is -0.372 e. The van der Waals surface area contributed by atoms with Crippen LogP contribution >= 0.6 is 0 Å². The van der Waals surface area contributed by atoms with Crippen LogP contribution in [-0.2, 0) is 4.74 Å². The van der Waals surface area contributed by atoms with Crippen molar-refractivity contribution in [2.24, 2.45) is 5.92 Å². The Kier molecular flexibility index (Phi) is 8.40. The van der Waals surface area contributed by atoms with Crippen molar-refractivity contribution in [3.63, 3.8) is 0 Å². The average molecular weight is 417 g/mol. The number of carbonyl (C=O) groups excluding carboxylic acids is 1. The van der Waals surface area contributed by atoms with Gasteiger partial charge in [0.1, 0.15) is 0 Å². The minimum absolute atomic E-state index is 0.119. The maximum atomic E-state index is 12.8. The van der Waals surface area contributed by atoms with Crippen LogP contribution in [0.15, 0.2) is 24.3 Å². The van der Waals surface area contributed by atoms with E-state index in [9.17, 15) is 4.79 Å². The summed E-state index contributed by atoms with van der Waals surface area (Å²) in [6.07, 6.45) is 5.20. The first kappa shape index (κ1) is 22.9. The molecule has 3 unspecified atom stereocenters. The monoisotopic (exact) mass is 416 g/mol. The first-order valence-corrected chi connectivity index (χ1v) is 11.8. The summed E-state index contributed by atoms with van der Waals surface area (Å²) in [5.41, 5.74) is 1.92. The lowest BCUT2D eigenvalue weighted by Crippen LogP contribution is -2.48. The van der Waals surface area contributed by atoms with Crippen molar-refractivity contribution in [3.05, 3.63) is 24.3 Å². The number of benzene rings is 1. The van der Waals surface area contributed by atoms with E-state index in [1.165, 1.54) is 12.8 Å². The highest BCUT2D eigenvalue weighted by Gasteiger charge is 2.28. The molecule has 2 saturated heterocycles. The van der Waals surface area contributed by atoms with E-state index in [4.69, 9.17) is 4.74 Å². The van der Waals surface area contributed by atoms with Crippen molar-refractivity contribution in [1.82, 2.24) is 10.2 Å². The van der Waals surface area contributed by atoms with E-state index in [-0.39, 0.29) is 18.2 Å². The van der Waals surface area contributed by atoms with Gasteiger partial charge in [-0.25, -0.2) is 4.79 Å². The van der Waals surface area contributed by atoms with Gasteiger partial charge in [-0.05, 0) is 57.8 Å². The molecule has 6 heteroatoms. The summed E-state index contributed by atoms with van der Waals surface area (Å²) in [5.74, 6) is 0.618. The van der Waals surface area contributed by atoms with E-state index in [1.807, 2.05) is 18.2 Å². The number of carbonyl (C=O) groups is 1. The molecule has 3 atom stereocenters. The molecule has 2 aliphatic heterocycles. The fourth-order valence-corrected chi connectivity index (χ4v) is 5.09. The van der Waals surface area contributed by atoms with Crippen molar-refractivity contribution >= 4 is 17.4 Å². The predicted octanol–water partition coefficient (Wildman–Crippen LogP) is 4.32. The molecule has 30 heavy (non-hydrogen) atoms. The highest BCUT2D eigenvalue weighted by Crippen LogP contribution is 2.28. The van der Waals surface area contributed by atoms with Crippen LogP contribution in [0.3, 0.4) is 0 Å². The summed E-state index contributed by atoms with van der Waals surface area (Å²) in [7, 11) is 0. The SMILES string of the molecule is CCC(CC)C(CNC(=O)Nc1ccccc1N1CC(C)OC(C)C1)N1CCCC1. The van der Waals surface area contributed by atoms with Crippen LogP contribution < -0.4 is 15.5 Å². The van der Waals surface area contributed by atoms with Crippen molar-refractivity contribution in [1.29, 1.82) is 0 Å². The van der Waals surface area contributed by atoms with Gasteiger partial charge in [0.25, 0.3) is 0 Å². The van der Waals surface area contributed by atoms with Gasteiger partial charge in [-0.3, -0.25) is 4.90 Å². The Labute approximate surface area is 182 Å². The molecule has 0 aromatic heterocycles. The van der Waals surface area contributed by atoms with Crippen LogP contribution in [0.25, 0.3) is 0 Å². The quantitative estimate of drug-likeness (QED) is 0.663. The molecule has 1 aromatic carbocycles. The molecule has 3 rings (SSSR count). The molecule has 2 fully saturated rings. The number of hydrogen-bond acceptors (Lipinski definition) is 4. The summed E-state index contributed by atoms with van der Waals surface area (Å²) in [4.78, 5) is 17.7. The number of nitrogens with zero attached hydrogens (tertiary/aromatic N) is 2. The normalized spacial score (nSPS) is 23.6. The van der Waals surface area contributed by atoms with Crippen molar-refractivity contribution in [3.8, 4) is 0 Å². The molecular formula is C24H40N4O2. The van der Waals surface area contributed by atoms with Gasteiger partial charge in [-0.1, -0.05) is 38.8 Å². The smallest absolute Gasteiger partial charge is 0.319 e. The van der Waals surface area contributed by atoms with Gasteiger partial charge in [0, 0.05) is 25.7 Å². The van der Waals surface area contributed by atoms with Crippen LogP contribution in [0.2, 0.25) is 0 Å². The zero-order chi connectivity index (χ0) is 21.5. The molecule has 0 spiro atoms. The minimum atomic E-state index is -0.119. The van der Waals surface area contributed by atoms with Gasteiger partial charge < -0.3 is 20.3 Å². The van der Waals surface area contributed by atoms with E-state index in [0.29, 0.717) is 18.5 Å². The third kappa shape index (κ3) is 5.88. The Morgan fingerprint density at radius 1 is 1.10 bits per heavy atom. The van der Waals surface area contributed by atoms with Crippen molar-refractivity contribution < 1.29 is 9.53 Å². The summed E-state index contributed by atoms with van der Waals surface area (Å²) < 4.78 is 5.87. The van der Waals surface area contributed by atoms with Crippen LogP contribution in [0.1, 0.15) is 53.4 Å². The zero-order valence-corrected chi connectivity index (χ0v) is 19.2. The molecule has 0 aliphatic carbocycles. The Balaban J connectivity index is 1.63. The molecule has 1 aromatic rings. The summed E-state index contributed by atoms with van der Waals surface area (Å²) in [6, 6.07) is 8.37. The lowest BCUT2D eigenvalue weighted by Gasteiger charge is -2.37. The molecule has 2 aliphatic rings. The van der Waals surface area contributed by atoms with Crippen LogP contribution in [0.5, 0.6) is 0 Å². The number of likely N-dealkylation sites (tertiary alicyclic amines) is 1. The molecule has 0 radical (unpaired) electrons. The largest absolute Gasteiger partial charge is 0.372 e. The number of urea groups is 1. The highest BCUT2D eigenvalue weighted by molar-refractivity contribution is 5.93. The number of morpholine rings is 1. The van der Waals surface area contributed by atoms with E-state index in [2.05, 4.69) is 54.2 Å². The van der Waals surface area contributed by atoms with Crippen molar-refractivity contribution in [2.75, 3.05) is 42.9 Å². The fourth-order valence-electron chi connectivity index (χ4n) is 5.09. The number of anilines is 2. The lowest BCUT2D eigenvalue weighted by atomic mass is 9.93. The van der Waals surface area contributed by atoms with E-state index < -0.39 is 0 Å². The second kappa shape index (κ2) is 11.0. The molecule has 6 nitrogen and oxygen atoms in total. The molecule has 2 heterocycles. The molecule has 0 bridgehead atoms. The number of para-hydroxylation sites is 2. The number of ether oxygens (including phenoxy) is 1. The Bertz CT molecular complexity index is 661. The Morgan fingerprint density at radius 3 is 2.37 bits per heavy atom. The first-order valence-electron chi connectivity index (χ1n) is 11.8. The third-order valence-corrected chi connectivity index (χ3v) is 6.59. The lowest BCUT2D eigenvalue weighted by molar-refractivity contribution is -0.00517. The van der Waals surface area contributed by atoms with Crippen LogP contribution in [0, 0.1) is 5.92 Å². The van der Waals surface area contributed by atoms with E-state index in [0.717, 1.165) is 50.4 Å². The number of hydrogen-bond donors (Lipinski definition) is 2. The number of nitrogens with one attached hydrogen (secondary N) is 2. The van der Waals surface area contributed by atoms with E-state index in [1.54, 1.807) is 0 Å².